The molecule has 14 nitrogen and oxygen atoms in total. The molecule has 1 saturated heterocycles. The largest absolute Gasteiger partial charge is 0.454 e. The number of aromatic nitrogens is 2. The minimum atomic E-state index is -0.244. The molecule has 0 unspecified atom stereocenters. The van der Waals surface area contributed by atoms with Gasteiger partial charge in [-0.2, -0.15) is 10.1 Å². The van der Waals surface area contributed by atoms with Crippen LogP contribution in [0.15, 0.2) is 27.8 Å². The lowest BCUT2D eigenvalue weighted by Gasteiger charge is -2.35. The van der Waals surface area contributed by atoms with E-state index in [4.69, 9.17) is 18.7 Å². The van der Waals surface area contributed by atoms with Crippen LogP contribution >= 0.6 is 0 Å². The molecule has 4 heterocycles. The van der Waals surface area contributed by atoms with Gasteiger partial charge in [0.2, 0.25) is 30.3 Å². The fraction of sp³-hybridized carbons (Fsp3) is 0.520. The van der Waals surface area contributed by atoms with Crippen molar-refractivity contribution in [3.63, 3.8) is 0 Å². The number of carbonyl (C=O) groups excluding carboxylic acids is 3. The Bertz CT molecular complexity index is 1240. The Labute approximate surface area is 224 Å². The summed E-state index contributed by atoms with van der Waals surface area (Å²) in [6, 6.07) is 5.34. The molecule has 3 aliphatic rings. The molecule has 14 heteroatoms. The Kier molecular flexibility index (Phi) is 8.32. The van der Waals surface area contributed by atoms with Gasteiger partial charge in [0.05, 0.1) is 6.54 Å². The van der Waals surface area contributed by atoms with Crippen molar-refractivity contribution in [3.8, 4) is 22.9 Å². The average molecular weight is 542 g/mol. The van der Waals surface area contributed by atoms with Crippen molar-refractivity contribution in [1.82, 2.24) is 30.3 Å². The Hall–Kier alpha value is -4.04. The minimum absolute atomic E-state index is 0.0469. The number of nitrogens with one attached hydrogen (secondary N) is 1. The first-order valence-corrected chi connectivity index (χ1v) is 12.9. The lowest BCUT2D eigenvalue weighted by atomic mass is 10.1. The van der Waals surface area contributed by atoms with E-state index in [1.165, 1.54) is 5.01 Å². The predicted octanol–water partition coefficient (Wildman–Crippen LogP) is 0.0887. The van der Waals surface area contributed by atoms with Crippen LogP contribution in [-0.4, -0.2) is 115 Å². The molecule has 0 aliphatic carbocycles. The summed E-state index contributed by atoms with van der Waals surface area (Å²) in [6.45, 7) is 3.53. The molecule has 0 saturated carbocycles. The highest BCUT2D eigenvalue weighted by molar-refractivity contribution is 6.01. The van der Waals surface area contributed by atoms with E-state index in [9.17, 15) is 14.4 Å². The molecular weight excluding hydrogens is 510 g/mol. The maximum atomic E-state index is 12.9. The number of rotatable bonds is 10. The van der Waals surface area contributed by atoms with Crippen LogP contribution in [0.3, 0.4) is 0 Å². The third-order valence-corrected chi connectivity index (χ3v) is 6.63. The van der Waals surface area contributed by atoms with Gasteiger partial charge in [-0.15, -0.1) is 0 Å². The minimum Gasteiger partial charge on any atom is -0.454 e. The molecular formula is C25H31N7O7. The molecule has 0 radical (unpaired) electrons. The summed E-state index contributed by atoms with van der Waals surface area (Å²) in [5.74, 6) is 1.31. The van der Waals surface area contributed by atoms with Crippen LogP contribution in [0.4, 0.5) is 0 Å². The number of fused-ring (bicyclic) bond motifs is 1. The van der Waals surface area contributed by atoms with Crippen LogP contribution in [0.2, 0.25) is 0 Å². The smallest absolute Gasteiger partial charge is 0.274 e. The lowest BCUT2D eigenvalue weighted by Crippen LogP contribution is -2.53. The number of nitrogens with zero attached hydrogens (tertiary/aromatic N) is 6. The summed E-state index contributed by atoms with van der Waals surface area (Å²) in [4.78, 5) is 45.7. The zero-order chi connectivity index (χ0) is 27.2. The van der Waals surface area contributed by atoms with E-state index < -0.39 is 0 Å². The van der Waals surface area contributed by atoms with Gasteiger partial charge < -0.3 is 29.0 Å². The third kappa shape index (κ3) is 6.52. The topological polar surface area (TPSA) is 152 Å². The number of ether oxygens (including phenoxy) is 3. The van der Waals surface area contributed by atoms with Crippen LogP contribution in [0, 0.1) is 0 Å². The van der Waals surface area contributed by atoms with Crippen LogP contribution in [0.25, 0.3) is 11.4 Å². The molecule has 0 spiro atoms. The van der Waals surface area contributed by atoms with Gasteiger partial charge >= 0.3 is 0 Å². The number of hydrogen-bond acceptors (Lipinski definition) is 11. The van der Waals surface area contributed by atoms with Crippen molar-refractivity contribution in [2.24, 2.45) is 5.10 Å². The van der Waals surface area contributed by atoms with E-state index in [1.54, 1.807) is 30.2 Å². The van der Waals surface area contributed by atoms with Crippen molar-refractivity contribution in [2.45, 2.75) is 19.3 Å². The van der Waals surface area contributed by atoms with Gasteiger partial charge in [-0.05, 0) is 24.6 Å². The molecule has 0 bridgehead atoms. The quantitative estimate of drug-likeness (QED) is 0.410. The standard InChI is InChI=1S/C25H31N7O7/c1-36-12-2-7-26-21(33)14-30-8-10-31(11-9-30)23(35)15-32-22(34)6-4-18(28-32)25-27-24(29-39-25)17-3-5-19-20(13-17)38-16-37-19/h3,5,13H,2,4,6-12,14-16H2,1H3,(H,26,33). The van der Waals surface area contributed by atoms with Crippen molar-refractivity contribution in [1.29, 1.82) is 0 Å². The molecule has 5 rings (SSSR count). The van der Waals surface area contributed by atoms with Gasteiger partial charge in [0.25, 0.3) is 5.89 Å². The Balaban J connectivity index is 1.14. The van der Waals surface area contributed by atoms with Crippen molar-refractivity contribution < 1.29 is 33.1 Å². The molecule has 3 amide bonds. The van der Waals surface area contributed by atoms with E-state index in [-0.39, 0.29) is 49.9 Å². The molecule has 1 N–H and O–H groups in total. The summed E-state index contributed by atoms with van der Waals surface area (Å²) in [6.07, 6.45) is 1.27. The zero-order valence-corrected chi connectivity index (χ0v) is 21.8. The summed E-state index contributed by atoms with van der Waals surface area (Å²) in [5.41, 5.74) is 1.14. The first-order valence-electron chi connectivity index (χ1n) is 12.9. The van der Waals surface area contributed by atoms with E-state index in [0.29, 0.717) is 74.4 Å². The number of hydrazone groups is 1. The maximum Gasteiger partial charge on any atom is 0.274 e. The SMILES string of the molecule is COCCCNC(=O)CN1CCN(C(=O)CN2N=C(c3nc(-c4ccc5c(c4)OCO5)no3)CCC2=O)CC1. The van der Waals surface area contributed by atoms with Crippen molar-refractivity contribution in [3.05, 3.63) is 24.1 Å². The normalized spacial score (nSPS) is 17.4. The van der Waals surface area contributed by atoms with Gasteiger partial charge in [0.15, 0.2) is 11.5 Å². The monoisotopic (exact) mass is 541 g/mol. The van der Waals surface area contributed by atoms with Crippen LogP contribution in [0.1, 0.15) is 25.2 Å². The van der Waals surface area contributed by atoms with Gasteiger partial charge in [0, 0.05) is 64.8 Å². The van der Waals surface area contributed by atoms with Gasteiger partial charge in [-0.25, -0.2) is 5.01 Å². The van der Waals surface area contributed by atoms with E-state index in [2.05, 4.69) is 20.6 Å². The summed E-state index contributed by atoms with van der Waals surface area (Å²) in [7, 11) is 1.63. The number of hydrogen-bond donors (Lipinski definition) is 1. The number of methoxy groups -OCH3 is 1. The van der Waals surface area contributed by atoms with Gasteiger partial charge in [-0.1, -0.05) is 5.16 Å². The molecule has 39 heavy (non-hydrogen) atoms. The molecule has 1 fully saturated rings. The third-order valence-electron chi connectivity index (χ3n) is 6.63. The highest BCUT2D eigenvalue weighted by Gasteiger charge is 2.29. The van der Waals surface area contributed by atoms with Crippen LogP contribution in [0.5, 0.6) is 11.5 Å². The predicted molar refractivity (Wildman–Crippen MR) is 136 cm³/mol. The fourth-order valence-electron chi connectivity index (χ4n) is 4.46. The molecule has 1 aromatic carbocycles. The summed E-state index contributed by atoms with van der Waals surface area (Å²) in [5, 5.41) is 12.4. The Morgan fingerprint density at radius 2 is 1.90 bits per heavy atom. The second-order valence-electron chi connectivity index (χ2n) is 9.34. The highest BCUT2D eigenvalue weighted by Crippen LogP contribution is 2.35. The average Bonchev–Trinajstić information content (AvgIpc) is 3.62. The van der Waals surface area contributed by atoms with E-state index in [1.807, 2.05) is 4.90 Å². The number of benzene rings is 1. The van der Waals surface area contributed by atoms with Gasteiger partial charge in [0.1, 0.15) is 12.3 Å². The first-order chi connectivity index (χ1) is 19.0. The molecule has 1 aromatic heterocycles. The first kappa shape index (κ1) is 26.6. The second kappa shape index (κ2) is 12.2. The maximum absolute atomic E-state index is 12.9. The van der Waals surface area contributed by atoms with E-state index in [0.717, 1.165) is 6.42 Å². The molecule has 3 aliphatic heterocycles. The Morgan fingerprint density at radius 3 is 2.72 bits per heavy atom. The highest BCUT2D eigenvalue weighted by atomic mass is 16.7. The van der Waals surface area contributed by atoms with E-state index >= 15 is 0 Å². The molecule has 0 atom stereocenters. The lowest BCUT2D eigenvalue weighted by molar-refractivity contribution is -0.142. The molecule has 208 valence electrons. The summed E-state index contributed by atoms with van der Waals surface area (Å²) < 4.78 is 21.1. The second-order valence-corrected chi connectivity index (χ2v) is 9.34. The summed E-state index contributed by atoms with van der Waals surface area (Å²) >= 11 is 0. The number of amides is 3. The van der Waals surface area contributed by atoms with Crippen molar-refractivity contribution in [2.75, 3.05) is 66.3 Å². The van der Waals surface area contributed by atoms with Crippen LogP contribution in [-0.2, 0) is 19.1 Å². The number of carbonyl (C=O) groups is 3. The van der Waals surface area contributed by atoms with Gasteiger partial charge in [-0.3, -0.25) is 19.3 Å². The zero-order valence-electron chi connectivity index (χ0n) is 21.8. The fourth-order valence-corrected chi connectivity index (χ4v) is 4.46. The van der Waals surface area contributed by atoms with Crippen LogP contribution < -0.4 is 14.8 Å². The Morgan fingerprint density at radius 1 is 1.08 bits per heavy atom. The molecule has 2 aromatic rings. The number of piperazine rings is 1. The van der Waals surface area contributed by atoms with Crippen molar-refractivity contribution >= 4 is 23.4 Å².